The summed E-state index contributed by atoms with van der Waals surface area (Å²) in [6.07, 6.45) is -3.23. The molecule has 15 heavy (non-hydrogen) atoms. The summed E-state index contributed by atoms with van der Waals surface area (Å²) in [5.41, 5.74) is 0.276. The van der Waals surface area contributed by atoms with E-state index in [-0.39, 0.29) is 16.3 Å². The Morgan fingerprint density at radius 2 is 2.47 bits per heavy atom. The third-order valence-electron chi connectivity index (χ3n) is 1.86. The predicted molar refractivity (Wildman–Crippen MR) is 49.7 cm³/mol. The molecule has 4 nitrogen and oxygen atoms in total. The van der Waals surface area contributed by atoms with Gasteiger partial charge in [0.25, 0.3) is 0 Å². The lowest BCUT2D eigenvalue weighted by Crippen LogP contribution is -2.37. The van der Waals surface area contributed by atoms with E-state index in [9.17, 15) is 13.6 Å². The van der Waals surface area contributed by atoms with Gasteiger partial charge in [0.05, 0.1) is 7.11 Å². The standard InChI is InChI=1S/C8H7F2NO3S/c1-13-7(12)6-5-4(2-15-6)14-8(9,10)3-11-5/h2,11H,3H2,1H3. The maximum Gasteiger partial charge on any atom is 0.415 e. The van der Waals surface area contributed by atoms with Gasteiger partial charge in [0, 0.05) is 5.38 Å². The van der Waals surface area contributed by atoms with E-state index < -0.39 is 18.6 Å². The number of hydrogen-bond donors (Lipinski definition) is 1. The molecular weight excluding hydrogens is 228 g/mol. The van der Waals surface area contributed by atoms with Gasteiger partial charge in [-0.3, -0.25) is 0 Å². The molecule has 1 aliphatic rings. The van der Waals surface area contributed by atoms with Crippen LogP contribution in [0.15, 0.2) is 5.38 Å². The maximum absolute atomic E-state index is 12.8. The van der Waals surface area contributed by atoms with Gasteiger partial charge in [-0.15, -0.1) is 11.3 Å². The minimum Gasteiger partial charge on any atom is -0.465 e. The predicted octanol–water partition coefficient (Wildman–Crippen LogP) is 1.93. The van der Waals surface area contributed by atoms with Crippen molar-refractivity contribution in [2.45, 2.75) is 6.11 Å². The fourth-order valence-corrected chi connectivity index (χ4v) is 2.08. The summed E-state index contributed by atoms with van der Waals surface area (Å²) in [7, 11) is 1.23. The van der Waals surface area contributed by atoms with E-state index in [0.717, 1.165) is 11.3 Å². The average Bonchev–Trinajstić information content (AvgIpc) is 2.57. The molecular formula is C8H7F2NO3S. The Kier molecular flexibility index (Phi) is 2.26. The first-order chi connectivity index (χ1) is 7.03. The van der Waals surface area contributed by atoms with Crippen LogP contribution in [0.25, 0.3) is 0 Å². The minimum absolute atomic E-state index is 0.0170. The van der Waals surface area contributed by atoms with E-state index in [1.54, 1.807) is 0 Å². The number of thiophene rings is 1. The molecule has 2 heterocycles. The van der Waals surface area contributed by atoms with E-state index >= 15 is 0 Å². The van der Waals surface area contributed by atoms with Gasteiger partial charge >= 0.3 is 12.1 Å². The highest BCUT2D eigenvalue weighted by Crippen LogP contribution is 2.41. The third kappa shape index (κ3) is 1.74. The van der Waals surface area contributed by atoms with Gasteiger partial charge in [0.2, 0.25) is 0 Å². The lowest BCUT2D eigenvalue weighted by molar-refractivity contribution is -0.166. The van der Waals surface area contributed by atoms with Crippen LogP contribution in [0.1, 0.15) is 9.67 Å². The normalized spacial score (nSPS) is 17.3. The number of fused-ring (bicyclic) bond motifs is 1. The van der Waals surface area contributed by atoms with Gasteiger partial charge < -0.3 is 14.8 Å². The maximum atomic E-state index is 12.8. The molecule has 82 valence electrons. The Morgan fingerprint density at radius 1 is 1.73 bits per heavy atom. The molecule has 0 radical (unpaired) electrons. The number of hydrogen-bond acceptors (Lipinski definition) is 5. The smallest absolute Gasteiger partial charge is 0.415 e. The molecule has 1 N–H and O–H groups in total. The van der Waals surface area contributed by atoms with Crippen LogP contribution in [-0.4, -0.2) is 25.7 Å². The van der Waals surface area contributed by atoms with Crippen LogP contribution >= 0.6 is 11.3 Å². The number of ether oxygens (including phenoxy) is 2. The second kappa shape index (κ2) is 3.34. The number of rotatable bonds is 1. The largest absolute Gasteiger partial charge is 0.465 e. The highest BCUT2D eigenvalue weighted by molar-refractivity contribution is 7.13. The quantitative estimate of drug-likeness (QED) is 0.755. The zero-order valence-electron chi connectivity index (χ0n) is 7.67. The number of nitrogens with one attached hydrogen (secondary N) is 1. The van der Waals surface area contributed by atoms with Crippen molar-refractivity contribution in [1.29, 1.82) is 0 Å². The first-order valence-electron chi connectivity index (χ1n) is 4.04. The van der Waals surface area contributed by atoms with Gasteiger partial charge in [-0.2, -0.15) is 8.78 Å². The molecule has 0 bridgehead atoms. The first-order valence-corrected chi connectivity index (χ1v) is 4.92. The summed E-state index contributed by atoms with van der Waals surface area (Å²) in [5, 5.41) is 3.80. The van der Waals surface area contributed by atoms with Crippen molar-refractivity contribution >= 4 is 23.0 Å². The summed E-state index contributed by atoms with van der Waals surface area (Å²) in [4.78, 5) is 11.5. The van der Waals surface area contributed by atoms with Crippen LogP contribution in [0.3, 0.4) is 0 Å². The molecule has 1 aromatic rings. The fourth-order valence-electron chi connectivity index (χ4n) is 1.22. The lowest BCUT2D eigenvalue weighted by Gasteiger charge is -2.24. The monoisotopic (exact) mass is 235 g/mol. The van der Waals surface area contributed by atoms with Gasteiger partial charge in [-0.1, -0.05) is 0 Å². The van der Waals surface area contributed by atoms with E-state index in [1.165, 1.54) is 12.5 Å². The van der Waals surface area contributed by atoms with Crippen LogP contribution in [0.5, 0.6) is 5.75 Å². The average molecular weight is 235 g/mol. The second-order valence-electron chi connectivity index (χ2n) is 2.89. The van der Waals surface area contributed by atoms with Gasteiger partial charge in [0.15, 0.2) is 5.75 Å². The molecule has 0 amide bonds. The Balaban J connectivity index is 2.34. The molecule has 0 spiro atoms. The third-order valence-corrected chi connectivity index (χ3v) is 2.80. The van der Waals surface area contributed by atoms with Crippen molar-refractivity contribution in [2.75, 3.05) is 19.0 Å². The molecule has 0 aromatic carbocycles. The molecule has 0 atom stereocenters. The number of esters is 1. The lowest BCUT2D eigenvalue weighted by atomic mass is 10.3. The van der Waals surface area contributed by atoms with Crippen LogP contribution in [0.2, 0.25) is 0 Å². The van der Waals surface area contributed by atoms with Crippen molar-refractivity contribution in [1.82, 2.24) is 0 Å². The Labute approximate surface area is 87.8 Å². The number of halogens is 2. The Bertz CT molecular complexity index is 405. The van der Waals surface area contributed by atoms with Crippen molar-refractivity contribution in [3.63, 3.8) is 0 Å². The number of carbonyl (C=O) groups is 1. The van der Waals surface area contributed by atoms with E-state index in [1.807, 2.05) is 0 Å². The molecule has 7 heteroatoms. The molecule has 0 aliphatic carbocycles. The van der Waals surface area contributed by atoms with Gasteiger partial charge in [-0.25, -0.2) is 4.79 Å². The molecule has 1 aromatic heterocycles. The number of carbonyl (C=O) groups excluding carboxylic acids is 1. The highest BCUT2D eigenvalue weighted by atomic mass is 32.1. The number of alkyl halides is 2. The van der Waals surface area contributed by atoms with Crippen molar-refractivity contribution in [2.24, 2.45) is 0 Å². The number of methoxy groups -OCH3 is 1. The van der Waals surface area contributed by atoms with Gasteiger partial charge in [-0.05, 0) is 0 Å². The molecule has 0 unspecified atom stereocenters. The fraction of sp³-hybridized carbons (Fsp3) is 0.375. The zero-order chi connectivity index (χ0) is 11.1. The zero-order valence-corrected chi connectivity index (χ0v) is 8.49. The van der Waals surface area contributed by atoms with Crippen molar-refractivity contribution < 1.29 is 23.0 Å². The summed E-state index contributed by atoms with van der Waals surface area (Å²) < 4.78 is 34.5. The summed E-state index contributed by atoms with van der Waals surface area (Å²) >= 11 is 1.00. The molecule has 0 saturated carbocycles. The second-order valence-corrected chi connectivity index (χ2v) is 3.77. The Hall–Kier alpha value is -1.37. The van der Waals surface area contributed by atoms with E-state index in [0.29, 0.717) is 0 Å². The molecule has 2 rings (SSSR count). The van der Waals surface area contributed by atoms with E-state index in [2.05, 4.69) is 14.8 Å². The summed E-state index contributed by atoms with van der Waals surface area (Å²) in [6, 6.07) is 0. The van der Waals surface area contributed by atoms with Crippen LogP contribution in [0.4, 0.5) is 14.5 Å². The molecule has 1 aliphatic heterocycles. The number of anilines is 1. The van der Waals surface area contributed by atoms with Crippen LogP contribution in [0, 0.1) is 0 Å². The minimum atomic E-state index is -3.23. The van der Waals surface area contributed by atoms with E-state index in [4.69, 9.17) is 0 Å². The highest BCUT2D eigenvalue weighted by Gasteiger charge is 2.38. The molecule has 0 fully saturated rings. The SMILES string of the molecule is COC(=O)c1scc2c1NCC(F)(F)O2. The van der Waals surface area contributed by atoms with Crippen LogP contribution < -0.4 is 10.1 Å². The molecule has 0 saturated heterocycles. The Morgan fingerprint density at radius 3 is 3.13 bits per heavy atom. The van der Waals surface area contributed by atoms with Crippen LogP contribution in [-0.2, 0) is 4.74 Å². The first kappa shape index (κ1) is 10.2. The summed E-state index contributed by atoms with van der Waals surface area (Å²) in [6.45, 7) is -0.652. The van der Waals surface area contributed by atoms with Crippen molar-refractivity contribution in [3.8, 4) is 5.75 Å². The van der Waals surface area contributed by atoms with Gasteiger partial charge in [0.1, 0.15) is 17.1 Å². The van der Waals surface area contributed by atoms with Crippen molar-refractivity contribution in [3.05, 3.63) is 10.3 Å². The topological polar surface area (TPSA) is 47.6 Å². The summed E-state index contributed by atoms with van der Waals surface area (Å²) in [5.74, 6) is -0.584.